The first-order valence-corrected chi connectivity index (χ1v) is 5.96. The zero-order chi connectivity index (χ0) is 12.1. The summed E-state index contributed by atoms with van der Waals surface area (Å²) >= 11 is 2.05. The van der Waals surface area contributed by atoms with Crippen molar-refractivity contribution >= 4 is 28.5 Å². The lowest BCUT2D eigenvalue weighted by atomic mass is 10.2. The molecule has 1 aromatic carbocycles. The van der Waals surface area contributed by atoms with Gasteiger partial charge in [-0.2, -0.15) is 0 Å². The number of halogens is 2. The Kier molecular flexibility index (Phi) is 5.14. The molecule has 0 aliphatic carbocycles. The first-order valence-electron chi connectivity index (χ1n) is 4.88. The Hall–Kier alpha value is -0.690. The standard InChI is InChI=1S/C11H14FIN2O/c1-15(2)6-5-14-11(16)9-7-8(13)3-4-10(9)12/h3-4,7H,5-6H2,1-2H3,(H,14,16). The van der Waals surface area contributed by atoms with Gasteiger partial charge in [0.1, 0.15) is 5.82 Å². The fourth-order valence-corrected chi connectivity index (χ4v) is 1.65. The number of rotatable bonds is 4. The van der Waals surface area contributed by atoms with E-state index in [0.29, 0.717) is 6.54 Å². The van der Waals surface area contributed by atoms with Gasteiger partial charge in [-0.15, -0.1) is 0 Å². The molecule has 5 heteroatoms. The Morgan fingerprint density at radius 3 is 2.81 bits per heavy atom. The summed E-state index contributed by atoms with van der Waals surface area (Å²) in [6.07, 6.45) is 0. The summed E-state index contributed by atoms with van der Waals surface area (Å²) in [5, 5.41) is 2.67. The highest BCUT2D eigenvalue weighted by Crippen LogP contribution is 2.12. The molecule has 0 bridgehead atoms. The van der Waals surface area contributed by atoms with Gasteiger partial charge in [0.15, 0.2) is 0 Å². The molecule has 0 spiro atoms. The van der Waals surface area contributed by atoms with Crippen LogP contribution in [-0.4, -0.2) is 38.0 Å². The summed E-state index contributed by atoms with van der Waals surface area (Å²) in [7, 11) is 3.83. The van der Waals surface area contributed by atoms with Crippen molar-refractivity contribution in [3.8, 4) is 0 Å². The van der Waals surface area contributed by atoms with Crippen LogP contribution < -0.4 is 5.32 Å². The fraction of sp³-hybridized carbons (Fsp3) is 0.364. The molecule has 0 unspecified atom stereocenters. The third kappa shape index (κ3) is 4.05. The van der Waals surface area contributed by atoms with Crippen LogP contribution >= 0.6 is 22.6 Å². The molecule has 0 atom stereocenters. The van der Waals surface area contributed by atoms with Gasteiger partial charge in [-0.3, -0.25) is 4.79 Å². The van der Waals surface area contributed by atoms with Crippen LogP contribution in [0.15, 0.2) is 18.2 Å². The van der Waals surface area contributed by atoms with E-state index in [-0.39, 0.29) is 11.5 Å². The van der Waals surface area contributed by atoms with Gasteiger partial charge >= 0.3 is 0 Å². The van der Waals surface area contributed by atoms with Crippen molar-refractivity contribution < 1.29 is 9.18 Å². The van der Waals surface area contributed by atoms with Crippen molar-refractivity contribution in [2.24, 2.45) is 0 Å². The molecule has 88 valence electrons. The maximum atomic E-state index is 13.3. The highest BCUT2D eigenvalue weighted by molar-refractivity contribution is 14.1. The molecule has 0 radical (unpaired) electrons. The molecule has 0 saturated carbocycles. The monoisotopic (exact) mass is 336 g/mol. The minimum Gasteiger partial charge on any atom is -0.351 e. The summed E-state index contributed by atoms with van der Waals surface area (Å²) < 4.78 is 14.2. The van der Waals surface area contributed by atoms with Crippen LogP contribution in [-0.2, 0) is 0 Å². The van der Waals surface area contributed by atoms with Crippen LogP contribution in [0.25, 0.3) is 0 Å². The van der Waals surface area contributed by atoms with E-state index >= 15 is 0 Å². The van der Waals surface area contributed by atoms with Gasteiger partial charge in [-0.25, -0.2) is 4.39 Å². The van der Waals surface area contributed by atoms with E-state index in [9.17, 15) is 9.18 Å². The molecule has 1 rings (SSSR count). The van der Waals surface area contributed by atoms with Crippen molar-refractivity contribution in [2.45, 2.75) is 0 Å². The molecule has 0 heterocycles. The van der Waals surface area contributed by atoms with E-state index in [1.165, 1.54) is 6.07 Å². The third-order valence-electron chi connectivity index (χ3n) is 2.02. The summed E-state index contributed by atoms with van der Waals surface area (Å²) in [6, 6.07) is 4.48. The minimum absolute atomic E-state index is 0.102. The molecule has 0 aliphatic heterocycles. The highest BCUT2D eigenvalue weighted by Gasteiger charge is 2.11. The molecule has 0 saturated heterocycles. The molecular weight excluding hydrogens is 322 g/mol. The quantitative estimate of drug-likeness (QED) is 0.850. The van der Waals surface area contributed by atoms with Crippen LogP contribution in [0.3, 0.4) is 0 Å². The van der Waals surface area contributed by atoms with Crippen molar-refractivity contribution in [3.05, 3.63) is 33.1 Å². The second-order valence-corrected chi connectivity index (χ2v) is 4.93. The molecule has 0 aromatic heterocycles. The number of amides is 1. The van der Waals surface area contributed by atoms with Gasteiger partial charge in [-0.1, -0.05) is 0 Å². The van der Waals surface area contributed by atoms with Crippen LogP contribution in [0, 0.1) is 9.39 Å². The number of carbonyl (C=O) groups excluding carboxylic acids is 1. The number of benzene rings is 1. The molecule has 1 aromatic rings. The lowest BCUT2D eigenvalue weighted by Crippen LogP contribution is -2.31. The van der Waals surface area contributed by atoms with Crippen molar-refractivity contribution in [2.75, 3.05) is 27.2 Å². The first kappa shape index (κ1) is 13.4. The zero-order valence-corrected chi connectivity index (χ0v) is 11.4. The Morgan fingerprint density at radius 1 is 1.50 bits per heavy atom. The van der Waals surface area contributed by atoms with Crippen molar-refractivity contribution in [3.63, 3.8) is 0 Å². The molecule has 1 N–H and O–H groups in total. The minimum atomic E-state index is -0.484. The van der Waals surface area contributed by atoms with Gasteiger partial charge in [0.25, 0.3) is 5.91 Å². The molecule has 0 fully saturated rings. The second kappa shape index (κ2) is 6.15. The first-order chi connectivity index (χ1) is 7.50. The van der Waals surface area contributed by atoms with Gasteiger partial charge in [-0.05, 0) is 54.9 Å². The van der Waals surface area contributed by atoms with E-state index in [1.54, 1.807) is 12.1 Å². The van der Waals surface area contributed by atoms with Gasteiger partial charge in [0.05, 0.1) is 5.56 Å². The number of hydrogen-bond acceptors (Lipinski definition) is 2. The Bertz CT molecular complexity index is 382. The largest absolute Gasteiger partial charge is 0.351 e. The average molecular weight is 336 g/mol. The van der Waals surface area contributed by atoms with Gasteiger partial charge in [0.2, 0.25) is 0 Å². The molecule has 1 amide bonds. The Labute approximate surface area is 108 Å². The van der Waals surface area contributed by atoms with Crippen molar-refractivity contribution in [1.29, 1.82) is 0 Å². The molecule has 16 heavy (non-hydrogen) atoms. The van der Waals surface area contributed by atoms with Crippen LogP contribution in [0.5, 0.6) is 0 Å². The average Bonchev–Trinajstić information content (AvgIpc) is 2.21. The topological polar surface area (TPSA) is 32.3 Å². The second-order valence-electron chi connectivity index (χ2n) is 3.68. The van der Waals surface area contributed by atoms with E-state index in [4.69, 9.17) is 0 Å². The summed E-state index contributed by atoms with van der Waals surface area (Å²) in [6.45, 7) is 1.24. The van der Waals surface area contributed by atoms with E-state index in [2.05, 4.69) is 5.32 Å². The predicted octanol–water partition coefficient (Wildman–Crippen LogP) is 1.72. The van der Waals surface area contributed by atoms with Crippen LogP contribution in [0.1, 0.15) is 10.4 Å². The number of hydrogen-bond donors (Lipinski definition) is 1. The zero-order valence-electron chi connectivity index (χ0n) is 9.26. The van der Waals surface area contributed by atoms with E-state index in [0.717, 1.165) is 10.1 Å². The number of nitrogens with zero attached hydrogens (tertiary/aromatic N) is 1. The summed E-state index contributed by atoms with van der Waals surface area (Å²) in [4.78, 5) is 13.6. The van der Waals surface area contributed by atoms with Crippen molar-refractivity contribution in [1.82, 2.24) is 10.2 Å². The molecule has 3 nitrogen and oxygen atoms in total. The highest BCUT2D eigenvalue weighted by atomic mass is 127. The van der Waals surface area contributed by atoms with E-state index < -0.39 is 5.82 Å². The Morgan fingerprint density at radius 2 is 2.19 bits per heavy atom. The maximum absolute atomic E-state index is 13.3. The smallest absolute Gasteiger partial charge is 0.254 e. The maximum Gasteiger partial charge on any atom is 0.254 e. The summed E-state index contributed by atoms with van der Waals surface area (Å²) in [5.41, 5.74) is 0.102. The summed E-state index contributed by atoms with van der Waals surface area (Å²) in [5.74, 6) is -0.847. The van der Waals surface area contributed by atoms with E-state index in [1.807, 2.05) is 41.6 Å². The lowest BCUT2D eigenvalue weighted by molar-refractivity contribution is 0.0947. The van der Waals surface area contributed by atoms with Gasteiger partial charge in [0, 0.05) is 16.7 Å². The van der Waals surface area contributed by atoms with Crippen LogP contribution in [0.4, 0.5) is 4.39 Å². The lowest BCUT2D eigenvalue weighted by Gasteiger charge is -2.10. The fourth-order valence-electron chi connectivity index (χ4n) is 1.16. The number of carbonyl (C=O) groups is 1. The van der Waals surface area contributed by atoms with Gasteiger partial charge < -0.3 is 10.2 Å². The predicted molar refractivity (Wildman–Crippen MR) is 70.0 cm³/mol. The normalized spacial score (nSPS) is 10.6. The third-order valence-corrected chi connectivity index (χ3v) is 2.69. The van der Waals surface area contributed by atoms with Crippen LogP contribution in [0.2, 0.25) is 0 Å². The SMILES string of the molecule is CN(C)CCNC(=O)c1cc(I)ccc1F. The number of likely N-dealkylation sites (N-methyl/N-ethyl adjacent to an activating group) is 1. The number of nitrogens with one attached hydrogen (secondary N) is 1. The Balaban J connectivity index is 2.62. The molecular formula is C11H14FIN2O. The molecule has 0 aliphatic rings.